The molecule has 0 aromatic rings. The number of likely N-dealkylation sites (tertiary alicyclic amines) is 1. The summed E-state index contributed by atoms with van der Waals surface area (Å²) >= 11 is 0. The normalized spacial score (nSPS) is 33.0. The van der Waals surface area contributed by atoms with Crippen molar-refractivity contribution >= 4 is 11.9 Å². The van der Waals surface area contributed by atoms with Crippen LogP contribution in [0.4, 0.5) is 0 Å². The van der Waals surface area contributed by atoms with Crippen molar-refractivity contribution in [2.75, 3.05) is 13.2 Å². The van der Waals surface area contributed by atoms with E-state index in [4.69, 9.17) is 5.11 Å². The molecule has 5 nitrogen and oxygen atoms in total. The van der Waals surface area contributed by atoms with Crippen LogP contribution >= 0.6 is 0 Å². The number of rotatable bonds is 3. The van der Waals surface area contributed by atoms with Gasteiger partial charge in [-0.3, -0.25) is 9.59 Å². The van der Waals surface area contributed by atoms with Crippen molar-refractivity contribution in [1.29, 1.82) is 0 Å². The Morgan fingerprint density at radius 1 is 1.12 bits per heavy atom. The number of carbonyl (C=O) groups excluding carboxylic acids is 1. The lowest BCUT2D eigenvalue weighted by atomic mass is 9.94. The van der Waals surface area contributed by atoms with Gasteiger partial charge in [0.25, 0.3) is 0 Å². The molecule has 1 aliphatic carbocycles. The molecule has 1 heterocycles. The third-order valence-corrected chi connectivity index (χ3v) is 4.02. The molecular weight excluding hydrogens is 222 g/mol. The van der Waals surface area contributed by atoms with Gasteiger partial charge in [-0.25, -0.2) is 0 Å². The minimum Gasteiger partial charge on any atom is -0.481 e. The van der Waals surface area contributed by atoms with Crippen LogP contribution in [0.2, 0.25) is 0 Å². The highest BCUT2D eigenvalue weighted by molar-refractivity contribution is 5.85. The molecular formula is C12H19NO4. The second-order valence-electron chi connectivity index (χ2n) is 4.99. The SMILES string of the molecule is O=C(O)C1CCCC1C(=O)N1CCCC1CO. The van der Waals surface area contributed by atoms with Gasteiger partial charge in [-0.1, -0.05) is 6.42 Å². The average molecular weight is 241 g/mol. The zero-order valence-corrected chi connectivity index (χ0v) is 9.84. The van der Waals surface area contributed by atoms with Crippen LogP contribution in [0.3, 0.4) is 0 Å². The van der Waals surface area contributed by atoms with Gasteiger partial charge in [-0.2, -0.15) is 0 Å². The first kappa shape index (κ1) is 12.4. The van der Waals surface area contributed by atoms with Crippen LogP contribution in [0.25, 0.3) is 0 Å². The molecule has 0 spiro atoms. The first-order valence-electron chi connectivity index (χ1n) is 6.29. The minimum absolute atomic E-state index is 0.0177. The van der Waals surface area contributed by atoms with Gasteiger partial charge in [0.15, 0.2) is 0 Å². The van der Waals surface area contributed by atoms with Gasteiger partial charge in [0.05, 0.1) is 24.5 Å². The Bertz CT molecular complexity index is 318. The van der Waals surface area contributed by atoms with Gasteiger partial charge in [-0.15, -0.1) is 0 Å². The first-order valence-corrected chi connectivity index (χ1v) is 6.29. The lowest BCUT2D eigenvalue weighted by molar-refractivity contribution is -0.149. The van der Waals surface area contributed by atoms with Crippen molar-refractivity contribution < 1.29 is 19.8 Å². The summed E-state index contributed by atoms with van der Waals surface area (Å²) in [5.74, 6) is -1.82. The molecule has 2 rings (SSSR count). The average Bonchev–Trinajstić information content (AvgIpc) is 2.96. The number of aliphatic carboxylic acids is 1. The number of nitrogens with zero attached hydrogens (tertiary/aromatic N) is 1. The van der Waals surface area contributed by atoms with Crippen molar-refractivity contribution in [1.82, 2.24) is 4.90 Å². The first-order chi connectivity index (χ1) is 8.15. The maximum Gasteiger partial charge on any atom is 0.307 e. The van der Waals surface area contributed by atoms with E-state index in [1.165, 1.54) is 0 Å². The molecule has 96 valence electrons. The van der Waals surface area contributed by atoms with E-state index < -0.39 is 11.9 Å². The third kappa shape index (κ3) is 2.29. The molecule has 0 radical (unpaired) electrons. The Hall–Kier alpha value is -1.10. The molecule has 1 amide bonds. The van der Waals surface area contributed by atoms with Crippen LogP contribution in [0.1, 0.15) is 32.1 Å². The summed E-state index contributed by atoms with van der Waals surface area (Å²) in [4.78, 5) is 25.0. The monoisotopic (exact) mass is 241 g/mol. The van der Waals surface area contributed by atoms with E-state index in [0.29, 0.717) is 19.4 Å². The smallest absolute Gasteiger partial charge is 0.307 e. The van der Waals surface area contributed by atoms with Crippen molar-refractivity contribution in [3.05, 3.63) is 0 Å². The van der Waals surface area contributed by atoms with Crippen molar-refractivity contribution in [2.24, 2.45) is 11.8 Å². The fourth-order valence-corrected chi connectivity index (χ4v) is 3.08. The van der Waals surface area contributed by atoms with Crippen LogP contribution in [0.15, 0.2) is 0 Å². The fraction of sp³-hybridized carbons (Fsp3) is 0.833. The molecule has 2 aliphatic rings. The number of carboxylic acid groups (broad SMARTS) is 1. The largest absolute Gasteiger partial charge is 0.481 e. The fourth-order valence-electron chi connectivity index (χ4n) is 3.08. The number of amides is 1. The molecule has 0 bridgehead atoms. The summed E-state index contributed by atoms with van der Waals surface area (Å²) in [6, 6.07) is -0.0995. The molecule has 2 N–H and O–H groups in total. The summed E-state index contributed by atoms with van der Waals surface area (Å²) in [6.45, 7) is 0.642. The number of aliphatic hydroxyl groups is 1. The molecule has 2 fully saturated rings. The lowest BCUT2D eigenvalue weighted by Crippen LogP contribution is -2.43. The maximum absolute atomic E-state index is 12.3. The van der Waals surface area contributed by atoms with Crippen LogP contribution < -0.4 is 0 Å². The van der Waals surface area contributed by atoms with Gasteiger partial charge in [0.1, 0.15) is 0 Å². The van der Waals surface area contributed by atoms with Gasteiger partial charge in [-0.05, 0) is 25.7 Å². The Morgan fingerprint density at radius 3 is 2.47 bits per heavy atom. The Morgan fingerprint density at radius 2 is 1.82 bits per heavy atom. The Kier molecular flexibility index (Phi) is 3.66. The van der Waals surface area contributed by atoms with E-state index in [0.717, 1.165) is 19.3 Å². The molecule has 0 aromatic carbocycles. The highest BCUT2D eigenvalue weighted by Gasteiger charge is 2.42. The van der Waals surface area contributed by atoms with Gasteiger partial charge >= 0.3 is 5.97 Å². The van der Waals surface area contributed by atoms with Gasteiger partial charge < -0.3 is 15.1 Å². The zero-order valence-electron chi connectivity index (χ0n) is 9.84. The number of carbonyl (C=O) groups is 2. The minimum atomic E-state index is -0.861. The predicted octanol–water partition coefficient (Wildman–Crippen LogP) is 0.471. The topological polar surface area (TPSA) is 77.8 Å². The number of hydrogen-bond acceptors (Lipinski definition) is 3. The summed E-state index contributed by atoms with van der Waals surface area (Å²) < 4.78 is 0. The van der Waals surface area contributed by atoms with Gasteiger partial charge in [0, 0.05) is 6.54 Å². The second-order valence-corrected chi connectivity index (χ2v) is 4.99. The predicted molar refractivity (Wildman–Crippen MR) is 60.3 cm³/mol. The summed E-state index contributed by atoms with van der Waals surface area (Å²) in [7, 11) is 0. The molecule has 1 saturated heterocycles. The van der Waals surface area contributed by atoms with E-state index in [9.17, 15) is 14.7 Å². The number of carboxylic acids is 1. The molecule has 5 heteroatoms. The van der Waals surface area contributed by atoms with Crippen molar-refractivity contribution in [2.45, 2.75) is 38.1 Å². The second kappa shape index (κ2) is 5.04. The van der Waals surface area contributed by atoms with E-state index in [1.807, 2.05) is 0 Å². The third-order valence-electron chi connectivity index (χ3n) is 4.02. The Labute approximate surface area is 100 Å². The van der Waals surface area contributed by atoms with Crippen LogP contribution in [-0.2, 0) is 9.59 Å². The quantitative estimate of drug-likeness (QED) is 0.753. The Balaban J connectivity index is 2.06. The van der Waals surface area contributed by atoms with E-state index >= 15 is 0 Å². The van der Waals surface area contributed by atoms with E-state index in [-0.39, 0.29) is 24.5 Å². The van der Waals surface area contributed by atoms with Crippen molar-refractivity contribution in [3.63, 3.8) is 0 Å². The molecule has 3 unspecified atom stereocenters. The lowest BCUT2D eigenvalue weighted by Gasteiger charge is -2.27. The molecule has 17 heavy (non-hydrogen) atoms. The van der Waals surface area contributed by atoms with E-state index in [2.05, 4.69) is 0 Å². The summed E-state index contributed by atoms with van der Waals surface area (Å²) in [5, 5.41) is 18.3. The van der Waals surface area contributed by atoms with Crippen LogP contribution in [-0.4, -0.2) is 46.2 Å². The molecule has 0 aromatic heterocycles. The maximum atomic E-state index is 12.3. The highest BCUT2D eigenvalue weighted by Crippen LogP contribution is 2.35. The van der Waals surface area contributed by atoms with E-state index in [1.54, 1.807) is 4.90 Å². The molecule has 1 aliphatic heterocycles. The highest BCUT2D eigenvalue weighted by atomic mass is 16.4. The van der Waals surface area contributed by atoms with Crippen LogP contribution in [0.5, 0.6) is 0 Å². The zero-order chi connectivity index (χ0) is 12.4. The number of aliphatic hydroxyl groups excluding tert-OH is 1. The summed E-state index contributed by atoms with van der Waals surface area (Å²) in [5.41, 5.74) is 0. The number of hydrogen-bond donors (Lipinski definition) is 2. The molecule has 1 saturated carbocycles. The molecule has 3 atom stereocenters. The van der Waals surface area contributed by atoms with Crippen molar-refractivity contribution in [3.8, 4) is 0 Å². The van der Waals surface area contributed by atoms with Crippen LogP contribution in [0, 0.1) is 11.8 Å². The van der Waals surface area contributed by atoms with Gasteiger partial charge in [0.2, 0.25) is 5.91 Å². The summed E-state index contributed by atoms with van der Waals surface area (Å²) in [6.07, 6.45) is 3.81. The standard InChI is InChI=1S/C12H19NO4/c14-7-8-3-2-6-13(8)11(15)9-4-1-5-10(9)12(16)17/h8-10,14H,1-7H2,(H,16,17).